The number of hydrogen-bond donors (Lipinski definition) is 2. The summed E-state index contributed by atoms with van der Waals surface area (Å²) in [6, 6.07) is 4.00. The molecular weight excluding hydrogens is 402 g/mol. The lowest BCUT2D eigenvalue weighted by Gasteiger charge is -2.21. The Bertz CT molecular complexity index is 810. The predicted molar refractivity (Wildman–Crippen MR) is 114 cm³/mol. The van der Waals surface area contributed by atoms with Gasteiger partial charge in [-0.2, -0.15) is 0 Å². The highest BCUT2D eigenvalue weighted by Gasteiger charge is 2.41. The van der Waals surface area contributed by atoms with Crippen molar-refractivity contribution >= 4 is 36.0 Å². The highest BCUT2D eigenvalue weighted by Crippen LogP contribution is 2.31. The molecule has 0 saturated heterocycles. The summed E-state index contributed by atoms with van der Waals surface area (Å²) in [7, 11) is 1.49. The molecule has 0 aromatic heterocycles. The van der Waals surface area contributed by atoms with E-state index in [9.17, 15) is 24.0 Å². The Morgan fingerprint density at radius 3 is 2.65 bits per heavy atom. The molecule has 0 fully saturated rings. The van der Waals surface area contributed by atoms with Gasteiger partial charge >= 0.3 is 0 Å². The predicted octanol–water partition coefficient (Wildman–Crippen LogP) is 1.56. The van der Waals surface area contributed by atoms with E-state index in [-0.39, 0.29) is 29.9 Å². The van der Waals surface area contributed by atoms with Crippen LogP contribution in [0.25, 0.3) is 0 Å². The fourth-order valence-electron chi connectivity index (χ4n) is 3.38. The van der Waals surface area contributed by atoms with Crippen LogP contribution in [0, 0.1) is 0 Å². The number of anilines is 1. The summed E-state index contributed by atoms with van der Waals surface area (Å²) in [6.07, 6.45) is 4.50. The molecule has 0 spiro atoms. The fourth-order valence-corrected chi connectivity index (χ4v) is 3.38. The zero-order chi connectivity index (χ0) is 22.6. The number of ether oxygens (including phenoxy) is 1. The van der Waals surface area contributed by atoms with Gasteiger partial charge in [0.2, 0.25) is 5.91 Å². The van der Waals surface area contributed by atoms with Crippen LogP contribution in [-0.2, 0) is 19.1 Å². The normalized spacial score (nSPS) is 13.6. The first kappa shape index (κ1) is 24.2. The number of nitrogens with zero attached hydrogens (tertiary/aromatic N) is 1. The van der Waals surface area contributed by atoms with Crippen LogP contribution in [0.1, 0.15) is 59.2 Å². The van der Waals surface area contributed by atoms with E-state index in [4.69, 9.17) is 4.74 Å². The second kappa shape index (κ2) is 12.6. The largest absolute Gasteiger partial charge is 0.384 e. The van der Waals surface area contributed by atoms with Gasteiger partial charge in [-0.15, -0.1) is 0 Å². The topological polar surface area (TPSA) is 122 Å². The number of carbonyl (C=O) groups is 5. The first-order valence-corrected chi connectivity index (χ1v) is 10.5. The van der Waals surface area contributed by atoms with Gasteiger partial charge in [-0.25, -0.2) is 0 Å². The summed E-state index contributed by atoms with van der Waals surface area (Å²) in [5, 5.41) is 5.66. The number of fused-ring (bicyclic) bond motifs is 1. The number of hydrogen-bond acceptors (Lipinski definition) is 7. The van der Waals surface area contributed by atoms with Gasteiger partial charge in [0.25, 0.3) is 11.8 Å². The number of rotatable bonds is 15. The molecule has 1 heterocycles. The molecule has 3 amide bonds. The molecule has 9 nitrogen and oxygen atoms in total. The van der Waals surface area contributed by atoms with Crippen molar-refractivity contribution in [2.24, 2.45) is 0 Å². The van der Waals surface area contributed by atoms with Gasteiger partial charge in [0, 0.05) is 38.7 Å². The first-order valence-electron chi connectivity index (χ1n) is 10.5. The highest BCUT2D eigenvalue weighted by atomic mass is 16.5. The van der Waals surface area contributed by atoms with Gasteiger partial charge in [-0.3, -0.25) is 19.3 Å². The van der Waals surface area contributed by atoms with E-state index in [0.29, 0.717) is 38.2 Å². The number of aldehydes is 2. The van der Waals surface area contributed by atoms with Gasteiger partial charge in [-0.1, -0.05) is 6.07 Å². The molecule has 1 aliphatic heterocycles. The van der Waals surface area contributed by atoms with Crippen LogP contribution >= 0.6 is 0 Å². The monoisotopic (exact) mass is 431 g/mol. The summed E-state index contributed by atoms with van der Waals surface area (Å²) in [6.45, 7) is 1.65. The number of carbonyl (C=O) groups excluding carboxylic acids is 5. The molecular formula is C22H29N3O6. The zero-order valence-electron chi connectivity index (χ0n) is 17.7. The van der Waals surface area contributed by atoms with Crippen molar-refractivity contribution in [2.75, 3.05) is 32.1 Å². The molecule has 1 aliphatic rings. The van der Waals surface area contributed by atoms with Gasteiger partial charge in [-0.05, 0) is 37.8 Å². The van der Waals surface area contributed by atoms with Crippen molar-refractivity contribution in [1.82, 2.24) is 10.2 Å². The summed E-state index contributed by atoms with van der Waals surface area (Å²) in [5.74, 6) is -1.31. The summed E-state index contributed by atoms with van der Waals surface area (Å²) in [4.78, 5) is 60.0. The maximum absolute atomic E-state index is 13.0. The fraction of sp³-hybridized carbons (Fsp3) is 0.500. The summed E-state index contributed by atoms with van der Waals surface area (Å²) < 4.78 is 5.32. The second-order valence-electron chi connectivity index (χ2n) is 7.18. The van der Waals surface area contributed by atoms with Gasteiger partial charge in [0.1, 0.15) is 12.6 Å². The number of benzene rings is 1. The van der Waals surface area contributed by atoms with E-state index < -0.39 is 17.9 Å². The van der Waals surface area contributed by atoms with E-state index in [1.807, 2.05) is 0 Å². The van der Waals surface area contributed by atoms with E-state index in [0.717, 1.165) is 30.4 Å². The number of imide groups is 1. The minimum Gasteiger partial charge on any atom is -0.384 e. The SMILES string of the molecule is CNC(=O)CCC(C=O)N1C(=O)c2cccc(NCCCCCOCCC=O)c2C1=O. The molecule has 9 heteroatoms. The van der Waals surface area contributed by atoms with Crippen molar-refractivity contribution in [3.05, 3.63) is 29.3 Å². The molecule has 0 bridgehead atoms. The molecule has 2 rings (SSSR count). The average Bonchev–Trinajstić information content (AvgIpc) is 3.04. The molecule has 168 valence electrons. The summed E-state index contributed by atoms with van der Waals surface area (Å²) >= 11 is 0. The lowest BCUT2D eigenvalue weighted by Crippen LogP contribution is -2.41. The Balaban J connectivity index is 1.93. The van der Waals surface area contributed by atoms with Crippen LogP contribution in [0.3, 0.4) is 0 Å². The maximum Gasteiger partial charge on any atom is 0.264 e. The highest BCUT2D eigenvalue weighted by molar-refractivity contribution is 6.24. The maximum atomic E-state index is 13.0. The third-order valence-corrected chi connectivity index (χ3v) is 5.04. The van der Waals surface area contributed by atoms with E-state index in [1.54, 1.807) is 18.2 Å². The van der Waals surface area contributed by atoms with Gasteiger partial charge in [0.15, 0.2) is 0 Å². The van der Waals surface area contributed by atoms with Crippen LogP contribution in [0.15, 0.2) is 18.2 Å². The van der Waals surface area contributed by atoms with E-state index in [2.05, 4.69) is 10.6 Å². The van der Waals surface area contributed by atoms with Crippen molar-refractivity contribution in [2.45, 2.75) is 44.6 Å². The van der Waals surface area contributed by atoms with Crippen molar-refractivity contribution < 1.29 is 28.7 Å². The lowest BCUT2D eigenvalue weighted by atomic mass is 10.1. The molecule has 0 saturated carbocycles. The minimum absolute atomic E-state index is 0.0390. The third-order valence-electron chi connectivity index (χ3n) is 5.04. The molecule has 0 radical (unpaired) electrons. The van der Waals surface area contributed by atoms with Crippen LogP contribution in [-0.4, -0.2) is 68.0 Å². The number of nitrogens with one attached hydrogen (secondary N) is 2. The van der Waals surface area contributed by atoms with Gasteiger partial charge < -0.3 is 25.0 Å². The summed E-state index contributed by atoms with van der Waals surface area (Å²) in [5.41, 5.74) is 1.07. The zero-order valence-corrected chi connectivity index (χ0v) is 17.7. The molecule has 1 atom stereocenters. The minimum atomic E-state index is -0.989. The number of amides is 3. The third kappa shape index (κ3) is 6.45. The molecule has 1 aromatic rings. The Morgan fingerprint density at radius 2 is 1.94 bits per heavy atom. The molecule has 31 heavy (non-hydrogen) atoms. The quantitative estimate of drug-likeness (QED) is 0.245. The standard InChI is InChI=1S/C22H29N3O6/c1-23-19(28)10-9-16(15-27)25-21(29)17-7-5-8-18(20(17)22(25)30)24-11-3-2-4-13-31-14-6-12-26/h5,7-8,12,15-16,24H,2-4,6,9-11,13-14H2,1H3,(H,23,28). The van der Waals surface area contributed by atoms with Crippen LogP contribution in [0.4, 0.5) is 5.69 Å². The number of unbranched alkanes of at least 4 members (excludes halogenated alkanes) is 2. The molecule has 0 aliphatic carbocycles. The molecule has 2 N–H and O–H groups in total. The van der Waals surface area contributed by atoms with E-state index in [1.165, 1.54) is 7.05 Å². The first-order chi connectivity index (χ1) is 15.0. The Hall–Kier alpha value is -3.07. The van der Waals surface area contributed by atoms with Crippen molar-refractivity contribution in [3.8, 4) is 0 Å². The van der Waals surface area contributed by atoms with E-state index >= 15 is 0 Å². The van der Waals surface area contributed by atoms with Crippen LogP contribution in [0.5, 0.6) is 0 Å². The Morgan fingerprint density at radius 1 is 1.13 bits per heavy atom. The molecule has 1 unspecified atom stereocenters. The lowest BCUT2D eigenvalue weighted by molar-refractivity contribution is -0.121. The second-order valence-corrected chi connectivity index (χ2v) is 7.18. The smallest absolute Gasteiger partial charge is 0.264 e. The van der Waals surface area contributed by atoms with Gasteiger partial charge in [0.05, 0.1) is 23.8 Å². The van der Waals surface area contributed by atoms with Crippen LogP contribution < -0.4 is 10.6 Å². The average molecular weight is 431 g/mol. The van der Waals surface area contributed by atoms with Crippen LogP contribution in [0.2, 0.25) is 0 Å². The Kier molecular flexibility index (Phi) is 9.83. The molecule has 1 aromatic carbocycles. The van der Waals surface area contributed by atoms with Crippen molar-refractivity contribution in [3.63, 3.8) is 0 Å². The van der Waals surface area contributed by atoms with Crippen molar-refractivity contribution in [1.29, 1.82) is 0 Å². The Labute approximate surface area is 181 Å².